The molecule has 1 aliphatic heterocycles. The third-order valence-corrected chi connectivity index (χ3v) is 3.20. The summed E-state index contributed by atoms with van der Waals surface area (Å²) in [7, 11) is 0. The van der Waals surface area contributed by atoms with Gasteiger partial charge in [0.25, 0.3) is 0 Å². The minimum absolute atomic E-state index is 0.925. The monoisotopic (exact) mass is 236 g/mol. The summed E-state index contributed by atoms with van der Waals surface area (Å²) in [6.07, 6.45) is 0. The molecule has 2 nitrogen and oxygen atoms in total. The Morgan fingerprint density at radius 1 is 0.889 bits per heavy atom. The molecule has 0 saturated carbocycles. The molecular formula is C16H16N2. The fourth-order valence-electron chi connectivity index (χ4n) is 2.27. The molecule has 3 rings (SSSR count). The average Bonchev–Trinajstić information content (AvgIpc) is 2.83. The smallest absolute Gasteiger partial charge is 0.0625 e. The van der Waals surface area contributed by atoms with Crippen molar-refractivity contribution in [1.82, 2.24) is 5.43 Å². The summed E-state index contributed by atoms with van der Waals surface area (Å²) in [6.45, 7) is 3.10. The summed E-state index contributed by atoms with van der Waals surface area (Å²) >= 11 is 0. The molecule has 2 aromatic rings. The van der Waals surface area contributed by atoms with Gasteiger partial charge in [-0.15, -0.1) is 0 Å². The van der Waals surface area contributed by atoms with E-state index >= 15 is 0 Å². The lowest BCUT2D eigenvalue weighted by molar-refractivity contribution is 0.845. The molecule has 1 aliphatic rings. The zero-order valence-electron chi connectivity index (χ0n) is 10.4. The third-order valence-electron chi connectivity index (χ3n) is 3.20. The quantitative estimate of drug-likeness (QED) is 0.859. The first-order valence-corrected chi connectivity index (χ1v) is 6.19. The van der Waals surface area contributed by atoms with Gasteiger partial charge in [-0.1, -0.05) is 48.5 Å². The molecule has 1 N–H and O–H groups in total. The van der Waals surface area contributed by atoms with E-state index in [9.17, 15) is 0 Å². The molecular weight excluding hydrogens is 220 g/mol. The summed E-state index contributed by atoms with van der Waals surface area (Å²) in [5, 5.41) is 2.18. The molecule has 18 heavy (non-hydrogen) atoms. The molecule has 0 unspecified atom stereocenters. The Morgan fingerprint density at radius 2 is 1.50 bits per heavy atom. The van der Waals surface area contributed by atoms with Crippen LogP contribution in [0.25, 0.3) is 5.70 Å². The van der Waals surface area contributed by atoms with Crippen LogP contribution in [0.2, 0.25) is 0 Å². The van der Waals surface area contributed by atoms with Crippen LogP contribution < -0.4 is 10.4 Å². The number of benzene rings is 2. The SMILES string of the molecule is CC1=C(c2ccccc2)NN(c2ccccc2)C1. The van der Waals surface area contributed by atoms with Crippen molar-refractivity contribution in [2.45, 2.75) is 6.92 Å². The number of para-hydroxylation sites is 1. The minimum Gasteiger partial charge on any atom is -0.297 e. The van der Waals surface area contributed by atoms with Crippen molar-refractivity contribution >= 4 is 11.4 Å². The highest BCUT2D eigenvalue weighted by Crippen LogP contribution is 2.25. The van der Waals surface area contributed by atoms with E-state index in [0.717, 1.165) is 6.54 Å². The van der Waals surface area contributed by atoms with Gasteiger partial charge in [-0.25, -0.2) is 0 Å². The highest BCUT2D eigenvalue weighted by Gasteiger charge is 2.19. The summed E-state index contributed by atoms with van der Waals surface area (Å²) in [5.74, 6) is 0. The average molecular weight is 236 g/mol. The Balaban J connectivity index is 1.86. The zero-order valence-corrected chi connectivity index (χ0v) is 10.4. The normalized spacial score (nSPS) is 14.8. The van der Waals surface area contributed by atoms with Crippen LogP contribution in [0.3, 0.4) is 0 Å². The van der Waals surface area contributed by atoms with Crippen molar-refractivity contribution in [2.75, 3.05) is 11.6 Å². The van der Waals surface area contributed by atoms with Gasteiger partial charge in [-0.3, -0.25) is 10.4 Å². The summed E-state index contributed by atoms with van der Waals surface area (Å²) in [6, 6.07) is 20.9. The Labute approximate surface area is 108 Å². The molecule has 0 bridgehead atoms. The largest absolute Gasteiger partial charge is 0.297 e. The third kappa shape index (κ3) is 1.97. The van der Waals surface area contributed by atoms with Crippen LogP contribution in [0.1, 0.15) is 12.5 Å². The van der Waals surface area contributed by atoms with E-state index in [0.29, 0.717) is 0 Å². The van der Waals surface area contributed by atoms with Crippen molar-refractivity contribution in [3.8, 4) is 0 Å². The maximum Gasteiger partial charge on any atom is 0.0625 e. The number of rotatable bonds is 2. The standard InChI is InChI=1S/C16H16N2/c1-13-12-18(15-10-6-3-7-11-15)17-16(13)14-8-4-2-5-9-14/h2-11,17H,12H2,1H3. The first-order chi connectivity index (χ1) is 8.84. The van der Waals surface area contributed by atoms with Gasteiger partial charge in [0.1, 0.15) is 0 Å². The van der Waals surface area contributed by atoms with E-state index < -0.39 is 0 Å². The van der Waals surface area contributed by atoms with Crippen LogP contribution in [0.4, 0.5) is 5.69 Å². The van der Waals surface area contributed by atoms with Crippen LogP contribution >= 0.6 is 0 Å². The molecule has 0 spiro atoms. The number of hydrogen-bond acceptors (Lipinski definition) is 2. The van der Waals surface area contributed by atoms with Crippen LogP contribution in [0, 0.1) is 0 Å². The maximum absolute atomic E-state index is 3.49. The molecule has 0 aromatic heterocycles. The Kier molecular flexibility index (Phi) is 2.77. The minimum atomic E-state index is 0.925. The van der Waals surface area contributed by atoms with Gasteiger partial charge in [0, 0.05) is 0 Å². The zero-order chi connectivity index (χ0) is 12.4. The summed E-state index contributed by atoms with van der Waals surface area (Å²) in [5.41, 5.74) is 8.51. The van der Waals surface area contributed by atoms with Crippen LogP contribution in [0.5, 0.6) is 0 Å². The Hall–Kier alpha value is -2.22. The van der Waals surface area contributed by atoms with Crippen molar-refractivity contribution in [2.24, 2.45) is 0 Å². The lowest BCUT2D eigenvalue weighted by Gasteiger charge is -2.20. The predicted octanol–water partition coefficient (Wildman–Crippen LogP) is 3.44. The molecule has 0 saturated heterocycles. The lowest BCUT2D eigenvalue weighted by Crippen LogP contribution is -2.31. The molecule has 0 aliphatic carbocycles. The number of hydrogen-bond donors (Lipinski definition) is 1. The van der Waals surface area contributed by atoms with E-state index in [2.05, 4.69) is 65.9 Å². The van der Waals surface area contributed by atoms with Gasteiger partial charge in [0.05, 0.1) is 17.9 Å². The fourth-order valence-corrected chi connectivity index (χ4v) is 2.27. The van der Waals surface area contributed by atoms with Crippen LogP contribution in [0.15, 0.2) is 66.2 Å². The number of nitrogens with one attached hydrogen (secondary N) is 1. The van der Waals surface area contributed by atoms with Gasteiger partial charge < -0.3 is 0 Å². The van der Waals surface area contributed by atoms with Crippen LogP contribution in [-0.4, -0.2) is 6.54 Å². The van der Waals surface area contributed by atoms with Gasteiger partial charge in [0.15, 0.2) is 0 Å². The van der Waals surface area contributed by atoms with Gasteiger partial charge in [-0.05, 0) is 30.2 Å². The summed E-state index contributed by atoms with van der Waals surface area (Å²) in [4.78, 5) is 0. The molecule has 2 heteroatoms. The first kappa shape index (κ1) is 10.9. The molecule has 0 fully saturated rings. The van der Waals surface area contributed by atoms with Crippen molar-refractivity contribution in [3.05, 3.63) is 71.8 Å². The van der Waals surface area contributed by atoms with Crippen molar-refractivity contribution in [1.29, 1.82) is 0 Å². The first-order valence-electron chi connectivity index (χ1n) is 6.19. The highest BCUT2D eigenvalue weighted by molar-refractivity contribution is 5.72. The van der Waals surface area contributed by atoms with E-state index in [1.165, 1.54) is 22.5 Å². The number of hydrazine groups is 1. The molecule has 0 atom stereocenters. The van der Waals surface area contributed by atoms with Crippen molar-refractivity contribution in [3.63, 3.8) is 0 Å². The van der Waals surface area contributed by atoms with E-state index in [4.69, 9.17) is 0 Å². The maximum atomic E-state index is 3.49. The van der Waals surface area contributed by atoms with Gasteiger partial charge >= 0.3 is 0 Å². The van der Waals surface area contributed by atoms with E-state index in [-0.39, 0.29) is 0 Å². The highest BCUT2D eigenvalue weighted by atomic mass is 15.5. The Morgan fingerprint density at radius 3 is 2.17 bits per heavy atom. The van der Waals surface area contributed by atoms with Gasteiger partial charge in [0.2, 0.25) is 0 Å². The predicted molar refractivity (Wildman–Crippen MR) is 76.0 cm³/mol. The van der Waals surface area contributed by atoms with Crippen molar-refractivity contribution < 1.29 is 0 Å². The lowest BCUT2D eigenvalue weighted by atomic mass is 10.1. The topological polar surface area (TPSA) is 15.3 Å². The second-order valence-corrected chi connectivity index (χ2v) is 4.55. The second-order valence-electron chi connectivity index (χ2n) is 4.55. The number of anilines is 1. The molecule has 1 heterocycles. The summed E-state index contributed by atoms with van der Waals surface area (Å²) < 4.78 is 0. The second kappa shape index (κ2) is 4.57. The Bertz CT molecular complexity index is 558. The van der Waals surface area contributed by atoms with E-state index in [1.54, 1.807) is 0 Å². The molecule has 2 aromatic carbocycles. The van der Waals surface area contributed by atoms with Crippen LogP contribution in [-0.2, 0) is 0 Å². The number of nitrogens with zero attached hydrogens (tertiary/aromatic N) is 1. The van der Waals surface area contributed by atoms with E-state index in [1.807, 2.05) is 12.1 Å². The fraction of sp³-hybridized carbons (Fsp3) is 0.125. The molecule has 0 amide bonds. The molecule has 90 valence electrons. The molecule has 0 radical (unpaired) electrons. The van der Waals surface area contributed by atoms with Gasteiger partial charge in [-0.2, -0.15) is 0 Å².